The molecule has 0 radical (unpaired) electrons. The summed E-state index contributed by atoms with van der Waals surface area (Å²) in [6.45, 7) is 10.1. The molecule has 0 saturated heterocycles. The second-order valence-electron chi connectivity index (χ2n) is 10.6. The van der Waals surface area contributed by atoms with E-state index in [4.69, 9.17) is 8.37 Å². The van der Waals surface area contributed by atoms with E-state index in [1.54, 1.807) is 33.8 Å². The predicted molar refractivity (Wildman–Crippen MR) is 141 cm³/mol. The van der Waals surface area contributed by atoms with Gasteiger partial charge in [0.05, 0.1) is 0 Å². The molecule has 1 aromatic rings. The maximum atomic E-state index is 13.2. The Hall–Kier alpha value is -1.69. The molecule has 0 amide bonds. The third kappa shape index (κ3) is 5.04. The topological polar surface area (TPSA) is 110 Å². The summed E-state index contributed by atoms with van der Waals surface area (Å²) < 4.78 is 65.7. The number of hydrogen-bond acceptors (Lipinski definition) is 7. The number of rotatable bonds is 10. The Bertz CT molecular complexity index is 1240. The van der Waals surface area contributed by atoms with Crippen LogP contribution >= 0.6 is 0 Å². The molecule has 2 saturated carbocycles. The molecule has 0 heterocycles. The van der Waals surface area contributed by atoms with Crippen LogP contribution in [0.25, 0.3) is 0 Å². The van der Waals surface area contributed by atoms with Gasteiger partial charge in [-0.15, -0.1) is 0 Å². The Morgan fingerprint density at radius 3 is 2.05 bits per heavy atom. The zero-order valence-corrected chi connectivity index (χ0v) is 24.2. The Morgan fingerprint density at radius 1 is 0.865 bits per heavy atom. The van der Waals surface area contributed by atoms with Gasteiger partial charge < -0.3 is 8.37 Å². The van der Waals surface area contributed by atoms with Crippen LogP contribution < -0.4 is 8.37 Å². The maximum Gasteiger partial charge on any atom is 0.385 e. The highest BCUT2D eigenvalue weighted by Crippen LogP contribution is 2.61. The zero-order chi connectivity index (χ0) is 27.2. The smallest absolute Gasteiger partial charge is 0.371 e. The number of carbonyl (C=O) groups is 1. The Morgan fingerprint density at radius 2 is 1.46 bits per heavy atom. The molecule has 11 heteroatoms. The van der Waals surface area contributed by atoms with E-state index in [9.17, 15) is 21.6 Å². The summed E-state index contributed by atoms with van der Waals surface area (Å²) in [4.78, 5) is 12.7. The van der Waals surface area contributed by atoms with Crippen molar-refractivity contribution < 1.29 is 30.0 Å². The van der Waals surface area contributed by atoms with Crippen molar-refractivity contribution in [3.05, 3.63) is 23.3 Å². The molecule has 37 heavy (non-hydrogen) atoms. The van der Waals surface area contributed by atoms with Crippen LogP contribution in [0.4, 0.5) is 0 Å². The van der Waals surface area contributed by atoms with E-state index in [0.29, 0.717) is 18.6 Å². The molecule has 4 rings (SSSR count). The van der Waals surface area contributed by atoms with Crippen LogP contribution in [-0.4, -0.2) is 57.4 Å². The molecule has 0 N–H and O–H groups in total. The van der Waals surface area contributed by atoms with Gasteiger partial charge in [-0.2, -0.15) is 25.4 Å². The number of aryl methyl sites for hydroxylation is 1. The molecule has 4 atom stereocenters. The van der Waals surface area contributed by atoms with Gasteiger partial charge in [0.1, 0.15) is 11.5 Å². The fourth-order valence-electron chi connectivity index (χ4n) is 6.96. The van der Waals surface area contributed by atoms with Crippen molar-refractivity contribution in [2.75, 3.05) is 26.2 Å². The van der Waals surface area contributed by atoms with Gasteiger partial charge in [0.2, 0.25) is 0 Å². The van der Waals surface area contributed by atoms with Gasteiger partial charge in [-0.1, -0.05) is 34.6 Å². The number of fused-ring (bicyclic) bond motifs is 5. The minimum atomic E-state index is -4.11. The van der Waals surface area contributed by atoms with Crippen LogP contribution in [-0.2, 0) is 31.8 Å². The summed E-state index contributed by atoms with van der Waals surface area (Å²) in [6, 6.07) is 3.13. The van der Waals surface area contributed by atoms with Crippen molar-refractivity contribution in [3.63, 3.8) is 0 Å². The van der Waals surface area contributed by atoms with Gasteiger partial charge in [0, 0.05) is 49.6 Å². The molecule has 3 aliphatic rings. The van der Waals surface area contributed by atoms with Crippen molar-refractivity contribution in [3.8, 4) is 11.5 Å². The van der Waals surface area contributed by atoms with Crippen LogP contribution in [0.5, 0.6) is 11.5 Å². The van der Waals surface area contributed by atoms with Crippen molar-refractivity contribution >= 4 is 26.4 Å². The number of nitrogens with zero attached hydrogens (tertiary/aromatic N) is 2. The molecule has 2 fully saturated rings. The molecule has 9 nitrogen and oxygen atoms in total. The van der Waals surface area contributed by atoms with E-state index >= 15 is 0 Å². The normalized spacial score (nSPS) is 27.6. The van der Waals surface area contributed by atoms with Gasteiger partial charge in [-0.3, -0.25) is 4.79 Å². The Kier molecular flexibility index (Phi) is 8.01. The fourth-order valence-corrected chi connectivity index (χ4v) is 9.14. The molecule has 208 valence electrons. The first-order valence-corrected chi connectivity index (χ1v) is 16.2. The summed E-state index contributed by atoms with van der Waals surface area (Å²) in [5, 5.41) is 0. The SMILES string of the molecule is CCN(CC)S(=O)(=O)Oc1cc2c(c(OS(=O)(=O)N(CC)CC)c1)[C@H]1CC[C@]3(C)C(=O)CC[C@H]3[C@H]1CC2. The van der Waals surface area contributed by atoms with Gasteiger partial charge in [-0.05, 0) is 61.5 Å². The molecule has 0 spiro atoms. The predicted octanol–water partition coefficient (Wildman–Crippen LogP) is 4.04. The first kappa shape index (κ1) is 28.3. The molecule has 3 aliphatic carbocycles. The first-order valence-electron chi connectivity index (χ1n) is 13.5. The van der Waals surface area contributed by atoms with E-state index in [2.05, 4.69) is 6.92 Å². The number of hydrogen-bond donors (Lipinski definition) is 0. The van der Waals surface area contributed by atoms with E-state index in [0.717, 1.165) is 36.8 Å². The van der Waals surface area contributed by atoms with E-state index < -0.39 is 20.6 Å². The van der Waals surface area contributed by atoms with Crippen molar-refractivity contribution in [2.45, 2.75) is 79.1 Å². The largest absolute Gasteiger partial charge is 0.385 e. The molecular weight excluding hydrogens is 516 g/mol. The minimum absolute atomic E-state index is 0.0445. The van der Waals surface area contributed by atoms with Crippen LogP contribution in [0.1, 0.15) is 83.8 Å². The number of ketones is 1. The van der Waals surface area contributed by atoms with Gasteiger partial charge in [-0.25, -0.2) is 0 Å². The lowest BCUT2D eigenvalue weighted by molar-refractivity contribution is -0.129. The number of Topliss-reactive ketones (excluding diaryl/α,β-unsaturated/α-hetero) is 1. The fraction of sp³-hybridized carbons (Fsp3) is 0.731. The highest BCUT2D eigenvalue weighted by molar-refractivity contribution is 7.85. The Balaban J connectivity index is 1.79. The lowest BCUT2D eigenvalue weighted by Crippen LogP contribution is -2.42. The van der Waals surface area contributed by atoms with Crippen LogP contribution in [0.2, 0.25) is 0 Å². The van der Waals surface area contributed by atoms with Crippen LogP contribution in [0.15, 0.2) is 12.1 Å². The highest BCUT2D eigenvalue weighted by Gasteiger charge is 2.55. The lowest BCUT2D eigenvalue weighted by atomic mass is 9.55. The van der Waals surface area contributed by atoms with E-state index in [1.165, 1.54) is 14.7 Å². The molecule has 1 aromatic carbocycles. The second-order valence-corrected chi connectivity index (χ2v) is 13.7. The van der Waals surface area contributed by atoms with Crippen molar-refractivity contribution in [1.29, 1.82) is 0 Å². The second kappa shape index (κ2) is 10.5. The number of carbonyl (C=O) groups excluding carboxylic acids is 1. The van der Waals surface area contributed by atoms with Crippen molar-refractivity contribution in [2.24, 2.45) is 17.3 Å². The number of benzene rings is 1. The van der Waals surface area contributed by atoms with E-state index in [1.807, 2.05) is 0 Å². The summed E-state index contributed by atoms with van der Waals surface area (Å²) in [7, 11) is -8.16. The molecule has 0 unspecified atom stereocenters. The molecule has 0 aromatic heterocycles. The third-order valence-electron chi connectivity index (χ3n) is 8.91. The minimum Gasteiger partial charge on any atom is -0.371 e. The Labute approximate surface area is 222 Å². The summed E-state index contributed by atoms with van der Waals surface area (Å²) in [5.74, 6) is 1.08. The zero-order valence-electron chi connectivity index (χ0n) is 22.5. The van der Waals surface area contributed by atoms with Crippen molar-refractivity contribution in [1.82, 2.24) is 8.61 Å². The third-order valence-corrected chi connectivity index (χ3v) is 12.0. The quantitative estimate of drug-likeness (QED) is 0.428. The van der Waals surface area contributed by atoms with Crippen LogP contribution in [0.3, 0.4) is 0 Å². The summed E-state index contributed by atoms with van der Waals surface area (Å²) in [5.41, 5.74) is 1.36. The molecule has 0 aliphatic heterocycles. The molecular formula is C26H40N2O7S2. The van der Waals surface area contributed by atoms with Gasteiger partial charge >= 0.3 is 20.6 Å². The van der Waals surface area contributed by atoms with Crippen LogP contribution in [0, 0.1) is 17.3 Å². The monoisotopic (exact) mass is 556 g/mol. The molecule has 0 bridgehead atoms. The highest BCUT2D eigenvalue weighted by atomic mass is 32.2. The first-order chi connectivity index (χ1) is 17.4. The standard InChI is InChI=1S/C26H40N2O7S2/c1-6-27(7-2)36(30,31)34-19-16-18-10-11-20-21(14-15-26(5)22(20)12-13-24(26)29)25(18)23(17-19)35-37(32,33)28(8-3)9-4/h16-17,20-22H,6-15H2,1-5H3/t20-,21-,22-,26-/m0/s1. The lowest BCUT2D eigenvalue weighted by Gasteiger charge is -2.48. The average molecular weight is 557 g/mol. The van der Waals surface area contributed by atoms with E-state index in [-0.39, 0.29) is 60.8 Å². The van der Waals surface area contributed by atoms with Gasteiger partial charge in [0.25, 0.3) is 0 Å². The summed E-state index contributed by atoms with van der Waals surface area (Å²) in [6.07, 6.45) is 4.49. The average Bonchev–Trinajstić information content (AvgIpc) is 3.13. The van der Waals surface area contributed by atoms with Gasteiger partial charge in [0.15, 0.2) is 5.75 Å². The maximum absolute atomic E-state index is 13.2. The summed E-state index contributed by atoms with van der Waals surface area (Å²) >= 11 is 0.